The molecule has 2 N–H and O–H groups in total. The van der Waals surface area contributed by atoms with Crippen molar-refractivity contribution in [3.63, 3.8) is 0 Å². The first-order chi connectivity index (χ1) is 8.25. The van der Waals surface area contributed by atoms with Crippen molar-refractivity contribution < 1.29 is 0 Å². The Hall–Kier alpha value is -0.470. The van der Waals surface area contributed by atoms with Gasteiger partial charge in [0.2, 0.25) is 0 Å². The van der Waals surface area contributed by atoms with Gasteiger partial charge in [0.15, 0.2) is 0 Å². The summed E-state index contributed by atoms with van der Waals surface area (Å²) in [5, 5.41) is 0.609. The van der Waals surface area contributed by atoms with E-state index >= 15 is 0 Å². The maximum Gasteiger partial charge on any atom is 0.0246 e. The van der Waals surface area contributed by atoms with Gasteiger partial charge in [0.05, 0.1) is 0 Å². The van der Waals surface area contributed by atoms with Crippen LogP contribution in [0.25, 0.3) is 0 Å². The molecule has 0 bridgehead atoms. The van der Waals surface area contributed by atoms with E-state index in [1.54, 1.807) is 0 Å². The molecule has 2 heteroatoms. The molecule has 1 aliphatic rings. The number of thioether (sulfide) groups is 1. The first-order valence-electron chi connectivity index (χ1n) is 6.74. The Morgan fingerprint density at radius 2 is 1.65 bits per heavy atom. The number of nitrogens with two attached hydrogens (primary N) is 1. The molecule has 1 nitrogen and oxygen atoms in total. The smallest absolute Gasteiger partial charge is 0.0246 e. The molecule has 2 rings (SSSR count). The van der Waals surface area contributed by atoms with Crippen molar-refractivity contribution in [2.45, 2.75) is 61.6 Å². The molecule has 0 radical (unpaired) electrons. The third kappa shape index (κ3) is 4.04. The molecule has 17 heavy (non-hydrogen) atoms. The highest BCUT2D eigenvalue weighted by molar-refractivity contribution is 8.00. The Balaban J connectivity index is 1.97. The number of hydrogen-bond donors (Lipinski definition) is 1. The lowest BCUT2D eigenvalue weighted by atomic mass is 9.97. The molecule has 1 aromatic carbocycles. The fraction of sp³-hybridized carbons (Fsp3) is 0.600. The van der Waals surface area contributed by atoms with Gasteiger partial charge < -0.3 is 5.73 Å². The van der Waals surface area contributed by atoms with Crippen molar-refractivity contribution in [1.29, 1.82) is 0 Å². The normalized spacial score (nSPS) is 26.2. The highest BCUT2D eigenvalue weighted by Gasteiger charge is 2.20. The molecule has 0 saturated heterocycles. The summed E-state index contributed by atoms with van der Waals surface area (Å²) in [5.41, 5.74) is 7.64. The van der Waals surface area contributed by atoms with Crippen molar-refractivity contribution in [1.82, 2.24) is 0 Å². The molecule has 0 aliphatic heterocycles. The number of aryl methyl sites for hydroxylation is 1. The van der Waals surface area contributed by atoms with Crippen molar-refractivity contribution in [3.8, 4) is 0 Å². The van der Waals surface area contributed by atoms with Gasteiger partial charge in [-0.15, -0.1) is 11.8 Å². The summed E-state index contributed by atoms with van der Waals surface area (Å²) in [4.78, 5) is 1.37. The van der Waals surface area contributed by atoms with Crippen LogP contribution in [0.15, 0.2) is 29.2 Å². The fourth-order valence-electron chi connectivity index (χ4n) is 2.42. The van der Waals surface area contributed by atoms with E-state index in [0.717, 1.165) is 0 Å². The van der Waals surface area contributed by atoms with Gasteiger partial charge in [0, 0.05) is 16.2 Å². The van der Waals surface area contributed by atoms with E-state index in [-0.39, 0.29) is 0 Å². The van der Waals surface area contributed by atoms with E-state index in [0.29, 0.717) is 11.3 Å². The van der Waals surface area contributed by atoms with Crippen LogP contribution < -0.4 is 5.73 Å². The van der Waals surface area contributed by atoms with Crippen molar-refractivity contribution in [2.24, 2.45) is 5.73 Å². The fourth-order valence-corrected chi connectivity index (χ4v) is 3.66. The topological polar surface area (TPSA) is 26.0 Å². The summed E-state index contributed by atoms with van der Waals surface area (Å²) < 4.78 is 0. The number of hydrogen-bond acceptors (Lipinski definition) is 2. The molecule has 0 spiro atoms. The number of benzene rings is 1. The van der Waals surface area contributed by atoms with Gasteiger partial charge >= 0.3 is 0 Å². The van der Waals surface area contributed by atoms with Gasteiger partial charge in [-0.1, -0.05) is 43.4 Å². The largest absolute Gasteiger partial charge is 0.327 e. The quantitative estimate of drug-likeness (QED) is 0.852. The molecular formula is C15H23NS. The molecule has 2 atom stereocenters. The monoisotopic (exact) mass is 249 g/mol. The zero-order chi connectivity index (χ0) is 12.1. The summed E-state index contributed by atoms with van der Waals surface area (Å²) >= 11 is 1.98. The molecule has 0 heterocycles. The van der Waals surface area contributed by atoms with Crippen LogP contribution >= 0.6 is 11.8 Å². The molecule has 94 valence electrons. The SMILES string of the molecule is Cc1ccc(SC2CCCCCCC2N)cc1. The van der Waals surface area contributed by atoms with E-state index in [2.05, 4.69) is 31.2 Å². The van der Waals surface area contributed by atoms with Crippen molar-refractivity contribution in [2.75, 3.05) is 0 Å². The summed E-state index contributed by atoms with van der Waals surface area (Å²) in [6.45, 7) is 2.13. The molecule has 1 aliphatic carbocycles. The first kappa shape index (κ1) is 13.0. The lowest BCUT2D eigenvalue weighted by Gasteiger charge is -2.25. The van der Waals surface area contributed by atoms with Crippen LogP contribution in [-0.4, -0.2) is 11.3 Å². The van der Waals surface area contributed by atoms with Crippen LogP contribution in [0.2, 0.25) is 0 Å². The number of rotatable bonds is 2. The molecule has 2 unspecified atom stereocenters. The lowest BCUT2D eigenvalue weighted by Crippen LogP contribution is -2.33. The van der Waals surface area contributed by atoms with Crippen molar-refractivity contribution >= 4 is 11.8 Å². The van der Waals surface area contributed by atoms with Crippen LogP contribution in [0.1, 0.15) is 44.1 Å². The van der Waals surface area contributed by atoms with E-state index in [9.17, 15) is 0 Å². The molecule has 1 aromatic rings. The zero-order valence-electron chi connectivity index (χ0n) is 10.7. The minimum atomic E-state index is 0.376. The maximum atomic E-state index is 6.31. The minimum Gasteiger partial charge on any atom is -0.327 e. The Morgan fingerprint density at radius 3 is 2.35 bits per heavy atom. The van der Waals surface area contributed by atoms with Gasteiger partial charge in [0.1, 0.15) is 0 Å². The molecule has 0 amide bonds. The third-order valence-electron chi connectivity index (χ3n) is 3.56. The zero-order valence-corrected chi connectivity index (χ0v) is 11.5. The first-order valence-corrected chi connectivity index (χ1v) is 7.62. The van der Waals surface area contributed by atoms with E-state index in [1.807, 2.05) is 11.8 Å². The second-order valence-corrected chi connectivity index (χ2v) is 6.44. The molecule has 0 aromatic heterocycles. The average molecular weight is 249 g/mol. The summed E-state index contributed by atoms with van der Waals surface area (Å²) in [6, 6.07) is 9.21. The lowest BCUT2D eigenvalue weighted by molar-refractivity contribution is 0.463. The molecule has 1 saturated carbocycles. The van der Waals surface area contributed by atoms with Crippen LogP contribution in [0.5, 0.6) is 0 Å². The van der Waals surface area contributed by atoms with Crippen LogP contribution in [0.3, 0.4) is 0 Å². The summed E-state index contributed by atoms with van der Waals surface area (Å²) in [5.74, 6) is 0. The van der Waals surface area contributed by atoms with Gasteiger partial charge in [-0.25, -0.2) is 0 Å². The van der Waals surface area contributed by atoms with E-state index in [1.165, 1.54) is 49.0 Å². The predicted octanol–water partition coefficient (Wildman–Crippen LogP) is 4.14. The van der Waals surface area contributed by atoms with Crippen LogP contribution in [-0.2, 0) is 0 Å². The summed E-state index contributed by atoms with van der Waals surface area (Å²) in [7, 11) is 0. The van der Waals surface area contributed by atoms with Gasteiger partial charge in [0.25, 0.3) is 0 Å². The Morgan fingerprint density at radius 1 is 1.00 bits per heavy atom. The van der Waals surface area contributed by atoms with Crippen molar-refractivity contribution in [3.05, 3.63) is 29.8 Å². The van der Waals surface area contributed by atoms with Crippen LogP contribution in [0, 0.1) is 6.92 Å². The van der Waals surface area contributed by atoms with Gasteiger partial charge in [-0.2, -0.15) is 0 Å². The maximum absolute atomic E-state index is 6.31. The minimum absolute atomic E-state index is 0.376. The van der Waals surface area contributed by atoms with Crippen LogP contribution in [0.4, 0.5) is 0 Å². The van der Waals surface area contributed by atoms with Gasteiger partial charge in [-0.3, -0.25) is 0 Å². The second-order valence-electron chi connectivity index (χ2n) is 5.12. The molecule has 1 fully saturated rings. The highest BCUT2D eigenvalue weighted by atomic mass is 32.2. The Bertz CT molecular complexity index is 333. The van der Waals surface area contributed by atoms with E-state index < -0.39 is 0 Å². The summed E-state index contributed by atoms with van der Waals surface area (Å²) in [6.07, 6.45) is 7.89. The standard InChI is InChI=1S/C15H23NS/c1-12-8-10-13(11-9-12)17-15-7-5-3-2-4-6-14(15)16/h8-11,14-15H,2-7,16H2,1H3. The Kier molecular flexibility index (Phi) is 4.93. The second kappa shape index (κ2) is 6.46. The van der Waals surface area contributed by atoms with Gasteiger partial charge in [-0.05, 0) is 31.9 Å². The molecular weight excluding hydrogens is 226 g/mol. The predicted molar refractivity (Wildman–Crippen MR) is 76.5 cm³/mol. The Labute approximate surface area is 109 Å². The highest BCUT2D eigenvalue weighted by Crippen LogP contribution is 2.31. The van der Waals surface area contributed by atoms with E-state index in [4.69, 9.17) is 5.73 Å². The third-order valence-corrected chi connectivity index (χ3v) is 4.99. The average Bonchev–Trinajstić information content (AvgIpc) is 2.31.